The van der Waals surface area contributed by atoms with Crippen LogP contribution in [0.3, 0.4) is 0 Å². The van der Waals surface area contributed by atoms with E-state index in [1.165, 1.54) is 6.33 Å². The molecular weight excluding hydrogens is 208 g/mol. The van der Waals surface area contributed by atoms with Gasteiger partial charge in [-0.2, -0.15) is 10.1 Å². The first kappa shape index (κ1) is 10.6. The molecule has 1 aromatic heterocycles. The third kappa shape index (κ3) is 2.01. The van der Waals surface area contributed by atoms with Crippen molar-refractivity contribution in [1.29, 1.82) is 0 Å². The van der Waals surface area contributed by atoms with Gasteiger partial charge in [0.2, 0.25) is 11.9 Å². The third-order valence-corrected chi connectivity index (χ3v) is 2.42. The van der Waals surface area contributed by atoms with E-state index in [1.807, 2.05) is 0 Å². The molecule has 0 radical (unpaired) electrons. The Bertz CT molecular complexity index is 434. The molecule has 2 rings (SSSR count). The number of anilines is 1. The van der Waals surface area contributed by atoms with Crippen molar-refractivity contribution in [2.75, 3.05) is 5.32 Å². The van der Waals surface area contributed by atoms with Crippen molar-refractivity contribution >= 4 is 11.9 Å². The number of nitrogens with one attached hydrogen (secondary N) is 2. The summed E-state index contributed by atoms with van der Waals surface area (Å²) in [6.07, 6.45) is 7.95. The predicted octanol–water partition coefficient (Wildman–Crippen LogP) is 0.236. The largest absolute Gasteiger partial charge is 0.385 e. The van der Waals surface area contributed by atoms with Crippen LogP contribution in [0.4, 0.5) is 5.95 Å². The molecule has 0 saturated carbocycles. The first-order valence-corrected chi connectivity index (χ1v) is 4.84. The normalized spacial score (nSPS) is 28.0. The van der Waals surface area contributed by atoms with Gasteiger partial charge < -0.3 is 5.11 Å². The van der Waals surface area contributed by atoms with Crippen LogP contribution in [0.1, 0.15) is 6.92 Å². The molecule has 6 heteroatoms. The number of aliphatic hydroxyl groups is 1. The average Bonchev–Trinajstić information content (AvgIpc) is 2.69. The Kier molecular flexibility index (Phi) is 2.57. The number of allylic oxidation sites excluding steroid dienone is 2. The first-order chi connectivity index (χ1) is 7.59. The number of H-pyrrole nitrogens is 1. The number of carbonyl (C=O) groups is 1. The van der Waals surface area contributed by atoms with E-state index < -0.39 is 11.5 Å². The highest BCUT2D eigenvalue weighted by molar-refractivity contribution is 5.93. The van der Waals surface area contributed by atoms with Crippen LogP contribution in [0.25, 0.3) is 0 Å². The van der Waals surface area contributed by atoms with Crippen LogP contribution < -0.4 is 5.32 Å². The van der Waals surface area contributed by atoms with Gasteiger partial charge in [-0.25, -0.2) is 5.10 Å². The standard InChI is InChI=1S/C10H12N4O2/c1-10(16)5-3-2-4-7(10)8(15)13-9-11-6-12-14-9/h2-7,16H,1H3,(H2,11,12,13,14,15). The van der Waals surface area contributed by atoms with Crippen molar-refractivity contribution in [3.63, 3.8) is 0 Å². The van der Waals surface area contributed by atoms with Crippen molar-refractivity contribution in [2.45, 2.75) is 12.5 Å². The molecule has 0 fully saturated rings. The topological polar surface area (TPSA) is 90.9 Å². The summed E-state index contributed by atoms with van der Waals surface area (Å²) in [5.74, 6) is -0.700. The monoisotopic (exact) mass is 220 g/mol. The Balaban J connectivity index is 2.10. The lowest BCUT2D eigenvalue weighted by Crippen LogP contribution is -2.40. The average molecular weight is 220 g/mol. The zero-order valence-electron chi connectivity index (χ0n) is 8.71. The second kappa shape index (κ2) is 3.90. The third-order valence-electron chi connectivity index (χ3n) is 2.42. The second-order valence-corrected chi connectivity index (χ2v) is 3.77. The molecule has 1 aliphatic rings. The Hall–Kier alpha value is -1.95. The molecule has 1 heterocycles. The molecular formula is C10H12N4O2. The van der Waals surface area contributed by atoms with Crippen LogP contribution in [-0.4, -0.2) is 31.8 Å². The van der Waals surface area contributed by atoms with Crippen LogP contribution in [0.15, 0.2) is 30.6 Å². The minimum absolute atomic E-state index is 0.267. The summed E-state index contributed by atoms with van der Waals surface area (Å²) in [5.41, 5.74) is -1.18. The molecule has 6 nitrogen and oxygen atoms in total. The van der Waals surface area contributed by atoms with E-state index in [1.54, 1.807) is 31.2 Å². The van der Waals surface area contributed by atoms with Crippen molar-refractivity contribution in [3.8, 4) is 0 Å². The fourth-order valence-corrected chi connectivity index (χ4v) is 1.54. The van der Waals surface area contributed by atoms with Gasteiger partial charge in [-0.05, 0) is 6.92 Å². The lowest BCUT2D eigenvalue weighted by atomic mass is 9.85. The molecule has 2 atom stereocenters. The Morgan fingerprint density at radius 1 is 1.62 bits per heavy atom. The highest BCUT2D eigenvalue weighted by atomic mass is 16.3. The molecule has 84 valence electrons. The maximum atomic E-state index is 11.8. The maximum absolute atomic E-state index is 11.8. The molecule has 0 bridgehead atoms. The number of nitrogens with zero attached hydrogens (tertiary/aromatic N) is 2. The molecule has 0 aromatic carbocycles. The summed E-state index contributed by atoms with van der Waals surface area (Å²) >= 11 is 0. The number of rotatable bonds is 2. The fraction of sp³-hybridized carbons (Fsp3) is 0.300. The summed E-state index contributed by atoms with van der Waals surface area (Å²) in [6.45, 7) is 1.58. The lowest BCUT2D eigenvalue weighted by molar-refractivity contribution is -0.123. The van der Waals surface area contributed by atoms with E-state index in [0.717, 1.165) is 0 Å². The number of hydrogen-bond donors (Lipinski definition) is 3. The Morgan fingerprint density at radius 3 is 3.06 bits per heavy atom. The van der Waals surface area contributed by atoms with Crippen LogP contribution >= 0.6 is 0 Å². The first-order valence-electron chi connectivity index (χ1n) is 4.84. The molecule has 1 aliphatic carbocycles. The van der Waals surface area contributed by atoms with E-state index in [-0.39, 0.29) is 11.9 Å². The summed E-state index contributed by atoms with van der Waals surface area (Å²) in [6, 6.07) is 0. The summed E-state index contributed by atoms with van der Waals surface area (Å²) < 4.78 is 0. The van der Waals surface area contributed by atoms with Gasteiger partial charge in [0.1, 0.15) is 6.33 Å². The van der Waals surface area contributed by atoms with Gasteiger partial charge in [0.25, 0.3) is 0 Å². The van der Waals surface area contributed by atoms with Gasteiger partial charge >= 0.3 is 0 Å². The Labute approximate surface area is 92.1 Å². The molecule has 0 aliphatic heterocycles. The van der Waals surface area contributed by atoms with Crippen molar-refractivity contribution in [1.82, 2.24) is 15.2 Å². The van der Waals surface area contributed by atoms with Gasteiger partial charge in [0.15, 0.2) is 0 Å². The quantitative estimate of drug-likeness (QED) is 0.665. The molecule has 0 spiro atoms. The van der Waals surface area contributed by atoms with Crippen molar-refractivity contribution in [3.05, 3.63) is 30.6 Å². The summed E-state index contributed by atoms with van der Waals surface area (Å²) in [4.78, 5) is 15.6. The van der Waals surface area contributed by atoms with E-state index in [4.69, 9.17) is 0 Å². The van der Waals surface area contributed by atoms with E-state index in [2.05, 4.69) is 20.5 Å². The van der Waals surface area contributed by atoms with Crippen LogP contribution in [0, 0.1) is 5.92 Å². The highest BCUT2D eigenvalue weighted by Gasteiger charge is 2.34. The molecule has 16 heavy (non-hydrogen) atoms. The molecule has 1 aromatic rings. The molecule has 2 unspecified atom stereocenters. The van der Waals surface area contributed by atoms with E-state index in [0.29, 0.717) is 0 Å². The van der Waals surface area contributed by atoms with Gasteiger partial charge in [0.05, 0.1) is 11.5 Å². The van der Waals surface area contributed by atoms with E-state index >= 15 is 0 Å². The maximum Gasteiger partial charge on any atom is 0.236 e. The summed E-state index contributed by atoms with van der Waals surface area (Å²) in [5, 5.41) is 18.7. The van der Waals surface area contributed by atoms with E-state index in [9.17, 15) is 9.90 Å². The highest BCUT2D eigenvalue weighted by Crippen LogP contribution is 2.24. The second-order valence-electron chi connectivity index (χ2n) is 3.77. The number of amides is 1. The fourth-order valence-electron chi connectivity index (χ4n) is 1.54. The molecule has 1 amide bonds. The van der Waals surface area contributed by atoms with Crippen LogP contribution in [-0.2, 0) is 4.79 Å². The van der Waals surface area contributed by atoms with Crippen molar-refractivity contribution in [2.24, 2.45) is 5.92 Å². The number of carbonyl (C=O) groups excluding carboxylic acids is 1. The minimum atomic E-state index is -1.18. The number of aromatic nitrogens is 3. The van der Waals surface area contributed by atoms with Crippen molar-refractivity contribution < 1.29 is 9.90 Å². The Morgan fingerprint density at radius 2 is 2.44 bits per heavy atom. The molecule has 0 saturated heterocycles. The van der Waals surface area contributed by atoms with Gasteiger partial charge in [-0.3, -0.25) is 10.1 Å². The van der Waals surface area contributed by atoms with Crippen LogP contribution in [0.5, 0.6) is 0 Å². The van der Waals surface area contributed by atoms with Gasteiger partial charge in [0, 0.05) is 0 Å². The van der Waals surface area contributed by atoms with Gasteiger partial charge in [-0.1, -0.05) is 24.3 Å². The summed E-state index contributed by atoms with van der Waals surface area (Å²) in [7, 11) is 0. The zero-order valence-corrected chi connectivity index (χ0v) is 8.71. The number of hydrogen-bond acceptors (Lipinski definition) is 4. The SMILES string of the molecule is CC1(O)C=CC=CC1C(=O)Nc1ncn[nH]1. The van der Waals surface area contributed by atoms with Crippen LogP contribution in [0.2, 0.25) is 0 Å². The number of aromatic amines is 1. The van der Waals surface area contributed by atoms with Gasteiger partial charge in [-0.15, -0.1) is 0 Å². The predicted molar refractivity (Wildman–Crippen MR) is 57.4 cm³/mol. The minimum Gasteiger partial charge on any atom is -0.385 e. The lowest BCUT2D eigenvalue weighted by Gasteiger charge is -2.28. The zero-order chi connectivity index (χ0) is 11.6. The smallest absolute Gasteiger partial charge is 0.236 e. The molecule has 3 N–H and O–H groups in total.